The van der Waals surface area contributed by atoms with E-state index in [1.165, 1.54) is 0 Å². The van der Waals surface area contributed by atoms with Gasteiger partial charge in [-0.3, -0.25) is 0 Å². The van der Waals surface area contributed by atoms with Gasteiger partial charge in [0.15, 0.2) is 0 Å². The Hall–Kier alpha value is 1.96. The predicted octanol–water partition coefficient (Wildman–Crippen LogP) is -3.28. The van der Waals surface area contributed by atoms with Crippen LogP contribution in [0.3, 0.4) is 0 Å². The summed E-state index contributed by atoms with van der Waals surface area (Å²) >= 11 is 0. The second-order valence-electron chi connectivity index (χ2n) is 2.68. The van der Waals surface area contributed by atoms with Crippen LogP contribution in [0.4, 0.5) is 0 Å². The Labute approximate surface area is 97.5 Å². The van der Waals surface area contributed by atoms with Crippen molar-refractivity contribution in [2.24, 2.45) is 0 Å². The summed E-state index contributed by atoms with van der Waals surface area (Å²) in [7, 11) is 0.759. The van der Waals surface area contributed by atoms with E-state index in [2.05, 4.69) is 40.0 Å². The Morgan fingerprint density at radius 2 is 0.545 bits per heavy atom. The predicted molar refractivity (Wildman–Crippen MR) is 49.4 cm³/mol. The number of halogens is 2. The van der Waals surface area contributed by atoms with Crippen LogP contribution in [0.15, 0.2) is 0 Å². The van der Waals surface area contributed by atoms with E-state index >= 15 is 0 Å². The summed E-state index contributed by atoms with van der Waals surface area (Å²) in [5, 5.41) is 0. The van der Waals surface area contributed by atoms with Crippen LogP contribution in [0, 0.1) is 0 Å². The summed E-state index contributed by atoms with van der Waals surface area (Å²) in [5.41, 5.74) is 0. The quantitative estimate of drug-likeness (QED) is 0.322. The molecule has 0 heterocycles. The van der Waals surface area contributed by atoms with E-state index in [0.717, 1.165) is 0 Å². The van der Waals surface area contributed by atoms with E-state index < -0.39 is 0 Å². The van der Waals surface area contributed by atoms with E-state index in [4.69, 9.17) is 0 Å². The minimum atomic E-state index is 0. The van der Waals surface area contributed by atoms with Crippen LogP contribution in [0.25, 0.3) is 0 Å². The molecule has 0 atom stereocenters. The first kappa shape index (κ1) is 29.3. The number of hydrogen-bond donors (Lipinski definition) is 0. The van der Waals surface area contributed by atoms with Gasteiger partial charge in [0.25, 0.3) is 0 Å². The maximum Gasteiger partial charge on any atom is 2.00 e. The maximum absolute atomic E-state index is 2.23. The second-order valence-corrected chi connectivity index (χ2v) is 8.05. The molecule has 0 nitrogen and oxygen atoms in total. The molecule has 0 rings (SSSR count). The van der Waals surface area contributed by atoms with Gasteiger partial charge in [-0.15, -0.1) is 15.8 Å². The molecule has 0 aromatic heterocycles. The molecule has 0 aromatic rings. The molecule has 0 bridgehead atoms. The van der Waals surface area contributed by atoms with Gasteiger partial charge in [-0.2, -0.15) is 0 Å². The molecular weight excluding hydrogens is 261 g/mol. The molecule has 0 saturated heterocycles. The molecule has 74 valence electrons. The molecule has 0 aliphatic heterocycles. The third-order valence-electron chi connectivity index (χ3n) is 0. The van der Waals surface area contributed by atoms with Gasteiger partial charge < -0.3 is 24.8 Å². The van der Waals surface area contributed by atoms with E-state index in [1.807, 2.05) is 0 Å². The third-order valence-corrected chi connectivity index (χ3v) is 0. The van der Waals surface area contributed by atoms with Crippen LogP contribution >= 0.6 is 15.8 Å². The van der Waals surface area contributed by atoms with Crippen LogP contribution in [0.1, 0.15) is 0 Å². The minimum absolute atomic E-state index is 0. The van der Waals surface area contributed by atoms with Crippen molar-refractivity contribution < 1.29 is 41.9 Å². The van der Waals surface area contributed by atoms with Crippen molar-refractivity contribution in [2.75, 3.05) is 40.0 Å². The molecule has 0 aromatic carbocycles. The topological polar surface area (TPSA) is 0 Å². The first-order valence-electron chi connectivity index (χ1n) is 2.68. The fourth-order valence-corrected chi connectivity index (χ4v) is 0. The fourth-order valence-electron chi connectivity index (χ4n) is 0. The van der Waals surface area contributed by atoms with Crippen LogP contribution < -0.4 is 24.8 Å². The smallest absolute Gasteiger partial charge is 1.00 e. The van der Waals surface area contributed by atoms with Gasteiger partial charge >= 0.3 is 17.1 Å². The normalized spacial score (nSPS) is 6.55. The largest absolute Gasteiger partial charge is 2.00 e. The molecule has 0 N–H and O–H groups in total. The van der Waals surface area contributed by atoms with Gasteiger partial charge in [-0.25, -0.2) is 0 Å². The van der Waals surface area contributed by atoms with Crippen LogP contribution in [0.5, 0.6) is 0 Å². The first-order chi connectivity index (χ1) is 3.46. The molecule has 5 heteroatoms. The number of hydrogen-bond acceptors (Lipinski definition) is 0. The maximum atomic E-state index is 2.23. The van der Waals surface area contributed by atoms with Gasteiger partial charge in [-0.1, -0.05) is 0 Å². The third kappa shape index (κ3) is 309. The molecule has 0 saturated carbocycles. The molecule has 11 heavy (non-hydrogen) atoms. The Bertz CT molecular complexity index is 34.1. The van der Waals surface area contributed by atoms with Gasteiger partial charge in [0.1, 0.15) is 0 Å². The summed E-state index contributed by atoms with van der Waals surface area (Å²) in [6.45, 7) is 13.4. The van der Waals surface area contributed by atoms with Crippen LogP contribution in [0.2, 0.25) is 0 Å². The molecule has 0 radical (unpaired) electrons. The molecule has 0 aliphatic rings. The molecule has 0 aliphatic carbocycles. The van der Waals surface area contributed by atoms with E-state index in [0.29, 0.717) is 15.8 Å². The van der Waals surface area contributed by atoms with Crippen molar-refractivity contribution in [3.8, 4) is 0 Å². The summed E-state index contributed by atoms with van der Waals surface area (Å²) in [5.74, 6) is 0. The molecule has 0 spiro atoms. The molecular formula is C6H18Cl2FeP2. The number of rotatable bonds is 0. The van der Waals surface area contributed by atoms with Crippen molar-refractivity contribution in [1.29, 1.82) is 0 Å². The Kier molecular flexibility index (Phi) is 60.3. The Morgan fingerprint density at radius 3 is 0.545 bits per heavy atom. The zero-order valence-electron chi connectivity index (χ0n) is 8.00. The Balaban J connectivity index is -0.0000000171. The van der Waals surface area contributed by atoms with E-state index in [9.17, 15) is 0 Å². The first-order valence-corrected chi connectivity index (χ1v) is 8.05. The van der Waals surface area contributed by atoms with E-state index in [1.54, 1.807) is 0 Å². The SMILES string of the molecule is CP(C)C.CP(C)C.[Cl-].[Cl-].[Fe+2]. The van der Waals surface area contributed by atoms with Crippen LogP contribution in [-0.2, 0) is 17.1 Å². The molecule has 0 fully saturated rings. The summed E-state index contributed by atoms with van der Waals surface area (Å²) in [6.07, 6.45) is 0. The average molecular weight is 279 g/mol. The van der Waals surface area contributed by atoms with E-state index in [-0.39, 0.29) is 41.9 Å². The van der Waals surface area contributed by atoms with Gasteiger partial charge in [0.05, 0.1) is 0 Å². The zero-order chi connectivity index (χ0) is 7.15. The fraction of sp³-hybridized carbons (Fsp3) is 1.00. The monoisotopic (exact) mass is 278 g/mol. The van der Waals surface area contributed by atoms with Crippen molar-refractivity contribution >= 4 is 15.8 Å². The van der Waals surface area contributed by atoms with Crippen molar-refractivity contribution in [3.05, 3.63) is 0 Å². The standard InChI is InChI=1S/2C3H9P.2ClH.Fe/c2*1-4(2)3;;;/h2*1-3H3;2*1H;/q;;;;+2/p-2. The van der Waals surface area contributed by atoms with Gasteiger partial charge in [0, 0.05) is 0 Å². The average Bonchev–Trinajstić information content (AvgIpc) is 1.25. The minimum Gasteiger partial charge on any atom is -1.00 e. The second kappa shape index (κ2) is 22.7. The van der Waals surface area contributed by atoms with Crippen molar-refractivity contribution in [3.63, 3.8) is 0 Å². The van der Waals surface area contributed by atoms with Crippen LogP contribution in [-0.4, -0.2) is 40.0 Å². The summed E-state index contributed by atoms with van der Waals surface area (Å²) in [6, 6.07) is 0. The molecule has 0 unspecified atom stereocenters. The van der Waals surface area contributed by atoms with Gasteiger partial charge in [0.2, 0.25) is 0 Å². The Morgan fingerprint density at radius 1 is 0.545 bits per heavy atom. The summed E-state index contributed by atoms with van der Waals surface area (Å²) in [4.78, 5) is 0. The molecule has 0 amide bonds. The zero-order valence-corrected chi connectivity index (χ0v) is 12.4. The van der Waals surface area contributed by atoms with Gasteiger partial charge in [-0.05, 0) is 40.0 Å². The van der Waals surface area contributed by atoms with Crippen molar-refractivity contribution in [2.45, 2.75) is 0 Å². The van der Waals surface area contributed by atoms with Crippen molar-refractivity contribution in [1.82, 2.24) is 0 Å². The summed E-state index contributed by atoms with van der Waals surface area (Å²) < 4.78 is 0.